The second-order valence-electron chi connectivity index (χ2n) is 5.61. The van der Waals surface area contributed by atoms with Crippen molar-refractivity contribution in [2.45, 2.75) is 19.9 Å². The quantitative estimate of drug-likeness (QED) is 0.407. The Morgan fingerprint density at radius 3 is 2.77 bits per heavy atom. The van der Waals surface area contributed by atoms with E-state index in [0.29, 0.717) is 10.9 Å². The summed E-state index contributed by atoms with van der Waals surface area (Å²) in [6, 6.07) is 5.86. The maximum absolute atomic E-state index is 12.5. The summed E-state index contributed by atoms with van der Waals surface area (Å²) in [5, 5.41) is 15.3. The number of nitro groups is 1. The van der Waals surface area contributed by atoms with Crippen molar-refractivity contribution in [1.29, 1.82) is 0 Å². The Balaban J connectivity index is 1.94. The summed E-state index contributed by atoms with van der Waals surface area (Å²) in [5.41, 5.74) is 2.50. The van der Waals surface area contributed by atoms with Crippen LogP contribution in [0.2, 0.25) is 0 Å². The molecular formula is C15H14N6O4S. The van der Waals surface area contributed by atoms with Crippen molar-refractivity contribution in [3.8, 4) is 0 Å². The number of para-hydroxylation sites is 1. The Bertz CT molecular complexity index is 1140. The number of amides is 1. The van der Waals surface area contributed by atoms with Gasteiger partial charge < -0.3 is 4.98 Å². The van der Waals surface area contributed by atoms with Gasteiger partial charge in [-0.1, -0.05) is 12.1 Å². The lowest BCUT2D eigenvalue weighted by molar-refractivity contribution is -0.385. The van der Waals surface area contributed by atoms with Crippen LogP contribution in [0.3, 0.4) is 0 Å². The molecule has 1 atom stereocenters. The standard InChI is InChI=1S/C15H14N6O4S/c1-8-12(21(24)25)7-19(17-8)9(2)13(22)18-20-14(23)10-5-3-4-6-11(10)16-15(20)26/h3-7,9H,1-2H3,(H,16,26)(H,18,22)/t9-/m1/s1. The fourth-order valence-electron chi connectivity index (χ4n) is 2.44. The number of nitrogens with zero attached hydrogens (tertiary/aromatic N) is 4. The van der Waals surface area contributed by atoms with Crippen LogP contribution in [0.15, 0.2) is 35.3 Å². The van der Waals surface area contributed by atoms with E-state index in [9.17, 15) is 19.7 Å². The molecule has 11 heteroatoms. The molecule has 2 heterocycles. The van der Waals surface area contributed by atoms with Gasteiger partial charge in [0.1, 0.15) is 17.9 Å². The van der Waals surface area contributed by atoms with Crippen LogP contribution in [0.25, 0.3) is 10.9 Å². The highest BCUT2D eigenvalue weighted by molar-refractivity contribution is 7.71. The number of aryl methyl sites for hydroxylation is 1. The summed E-state index contributed by atoms with van der Waals surface area (Å²) < 4.78 is 2.12. The topological polar surface area (TPSA) is 128 Å². The van der Waals surface area contributed by atoms with Crippen molar-refractivity contribution >= 4 is 34.7 Å². The number of nitrogens with one attached hydrogen (secondary N) is 2. The predicted molar refractivity (Wildman–Crippen MR) is 96.1 cm³/mol. The number of aromatic nitrogens is 4. The van der Waals surface area contributed by atoms with E-state index in [1.54, 1.807) is 24.3 Å². The van der Waals surface area contributed by atoms with Gasteiger partial charge in [-0.05, 0) is 38.2 Å². The molecule has 0 saturated heterocycles. The van der Waals surface area contributed by atoms with Crippen LogP contribution >= 0.6 is 12.2 Å². The van der Waals surface area contributed by atoms with Crippen LogP contribution in [0.4, 0.5) is 5.69 Å². The minimum atomic E-state index is -0.893. The zero-order valence-corrected chi connectivity index (χ0v) is 14.6. The lowest BCUT2D eigenvalue weighted by atomic mass is 10.2. The summed E-state index contributed by atoms with van der Waals surface area (Å²) in [7, 11) is 0. The number of rotatable bonds is 4. The fraction of sp³-hybridized carbons (Fsp3) is 0.200. The molecule has 10 nitrogen and oxygen atoms in total. The lowest BCUT2D eigenvalue weighted by Crippen LogP contribution is -2.37. The van der Waals surface area contributed by atoms with Gasteiger partial charge in [0.05, 0.1) is 15.8 Å². The van der Waals surface area contributed by atoms with Crippen LogP contribution in [0, 0.1) is 21.8 Å². The number of benzene rings is 1. The van der Waals surface area contributed by atoms with Crippen molar-refractivity contribution in [2.75, 3.05) is 5.43 Å². The van der Waals surface area contributed by atoms with Gasteiger partial charge in [0.15, 0.2) is 4.77 Å². The summed E-state index contributed by atoms with van der Waals surface area (Å²) >= 11 is 5.13. The first-order valence-corrected chi connectivity index (χ1v) is 7.95. The third kappa shape index (κ3) is 2.99. The van der Waals surface area contributed by atoms with Crippen LogP contribution in [-0.4, -0.2) is 30.3 Å². The SMILES string of the molecule is Cc1nn([C@H](C)C(=O)Nn2c(=S)[nH]c3ccccc3c2=O)cc1[N+](=O)[O-]. The monoisotopic (exact) mass is 374 g/mol. The van der Waals surface area contributed by atoms with Crippen molar-refractivity contribution in [3.05, 3.63) is 61.4 Å². The Morgan fingerprint density at radius 1 is 1.42 bits per heavy atom. The second-order valence-corrected chi connectivity index (χ2v) is 5.99. The van der Waals surface area contributed by atoms with E-state index in [-0.39, 0.29) is 16.2 Å². The molecule has 0 radical (unpaired) electrons. The van der Waals surface area contributed by atoms with E-state index in [4.69, 9.17) is 12.2 Å². The molecule has 0 unspecified atom stereocenters. The number of hydrogen-bond acceptors (Lipinski definition) is 6. The number of fused-ring (bicyclic) bond motifs is 1. The van der Waals surface area contributed by atoms with Gasteiger partial charge in [-0.25, -0.2) is 0 Å². The van der Waals surface area contributed by atoms with E-state index in [1.165, 1.54) is 24.7 Å². The van der Waals surface area contributed by atoms with Gasteiger partial charge in [0, 0.05) is 0 Å². The molecule has 1 aromatic carbocycles. The molecule has 26 heavy (non-hydrogen) atoms. The highest BCUT2D eigenvalue weighted by Gasteiger charge is 2.23. The summed E-state index contributed by atoms with van der Waals surface area (Å²) in [4.78, 5) is 38.2. The Hall–Kier alpha value is -3.34. The van der Waals surface area contributed by atoms with E-state index < -0.39 is 22.4 Å². The minimum Gasteiger partial charge on any atom is -0.330 e. The smallest absolute Gasteiger partial charge is 0.309 e. The molecular weight excluding hydrogens is 360 g/mol. The summed E-state index contributed by atoms with van der Waals surface area (Å²) in [6.45, 7) is 2.98. The zero-order valence-electron chi connectivity index (χ0n) is 13.8. The van der Waals surface area contributed by atoms with E-state index in [2.05, 4.69) is 15.5 Å². The Morgan fingerprint density at radius 2 is 2.12 bits per heavy atom. The Kier molecular flexibility index (Phi) is 4.38. The molecule has 0 spiro atoms. The number of H-pyrrole nitrogens is 1. The predicted octanol–water partition coefficient (Wildman–Crippen LogP) is 1.80. The molecule has 0 saturated carbocycles. The molecule has 3 aromatic rings. The van der Waals surface area contributed by atoms with Crippen LogP contribution in [0.1, 0.15) is 18.7 Å². The van der Waals surface area contributed by atoms with Gasteiger partial charge in [0.2, 0.25) is 0 Å². The molecule has 3 rings (SSSR count). The van der Waals surface area contributed by atoms with Crippen molar-refractivity contribution in [3.63, 3.8) is 0 Å². The van der Waals surface area contributed by atoms with Crippen LogP contribution in [0.5, 0.6) is 0 Å². The molecule has 2 aromatic heterocycles. The number of carbonyl (C=O) groups excluding carboxylic acids is 1. The normalized spacial score (nSPS) is 12.1. The molecule has 2 N–H and O–H groups in total. The fourth-order valence-corrected chi connectivity index (χ4v) is 2.68. The molecule has 0 aliphatic rings. The van der Waals surface area contributed by atoms with Gasteiger partial charge in [0.25, 0.3) is 11.5 Å². The van der Waals surface area contributed by atoms with Gasteiger partial charge in [-0.15, -0.1) is 0 Å². The van der Waals surface area contributed by atoms with Gasteiger partial charge in [-0.2, -0.15) is 9.77 Å². The first-order chi connectivity index (χ1) is 12.3. The van der Waals surface area contributed by atoms with Gasteiger partial charge >= 0.3 is 5.69 Å². The van der Waals surface area contributed by atoms with Crippen molar-refractivity contribution in [1.82, 2.24) is 19.4 Å². The highest BCUT2D eigenvalue weighted by Crippen LogP contribution is 2.18. The van der Waals surface area contributed by atoms with Gasteiger partial charge in [-0.3, -0.25) is 29.8 Å². The largest absolute Gasteiger partial charge is 0.330 e. The van der Waals surface area contributed by atoms with E-state index in [1.807, 2.05) is 0 Å². The summed E-state index contributed by atoms with van der Waals surface area (Å²) in [6.07, 6.45) is 1.17. The first kappa shape index (κ1) is 17.5. The van der Waals surface area contributed by atoms with E-state index in [0.717, 1.165) is 4.68 Å². The van der Waals surface area contributed by atoms with Crippen molar-refractivity contribution in [2.24, 2.45) is 0 Å². The molecule has 0 aliphatic carbocycles. The maximum atomic E-state index is 12.5. The highest BCUT2D eigenvalue weighted by atomic mass is 32.1. The average molecular weight is 374 g/mol. The molecule has 0 bridgehead atoms. The molecule has 0 aliphatic heterocycles. The van der Waals surface area contributed by atoms with E-state index >= 15 is 0 Å². The molecule has 0 fully saturated rings. The van der Waals surface area contributed by atoms with Crippen molar-refractivity contribution < 1.29 is 9.72 Å². The number of aromatic amines is 1. The Labute approximate surface area is 151 Å². The third-order valence-corrected chi connectivity index (χ3v) is 4.18. The maximum Gasteiger partial charge on any atom is 0.309 e. The second kappa shape index (κ2) is 6.52. The summed E-state index contributed by atoms with van der Waals surface area (Å²) in [5.74, 6) is -0.598. The molecule has 134 valence electrons. The first-order valence-electron chi connectivity index (χ1n) is 7.54. The molecule has 1 amide bonds. The number of carbonyl (C=O) groups is 1. The minimum absolute atomic E-state index is 0.0249. The average Bonchev–Trinajstić information content (AvgIpc) is 2.99. The third-order valence-electron chi connectivity index (χ3n) is 3.89. The van der Waals surface area contributed by atoms with Crippen LogP contribution in [-0.2, 0) is 4.79 Å². The lowest BCUT2D eigenvalue weighted by Gasteiger charge is -2.14. The van der Waals surface area contributed by atoms with Crippen LogP contribution < -0.4 is 11.0 Å². The zero-order chi connectivity index (χ0) is 19.0. The number of hydrogen-bond donors (Lipinski definition) is 2.